The van der Waals surface area contributed by atoms with Gasteiger partial charge in [0.1, 0.15) is 0 Å². The summed E-state index contributed by atoms with van der Waals surface area (Å²) < 4.78 is 0. The minimum atomic E-state index is 0.861. The van der Waals surface area contributed by atoms with E-state index in [1.165, 1.54) is 54.9 Å². The fourth-order valence-electron chi connectivity index (χ4n) is 3.88. The zero-order valence-corrected chi connectivity index (χ0v) is 11.4. The van der Waals surface area contributed by atoms with Gasteiger partial charge in [-0.05, 0) is 47.1 Å². The number of hydrogen-bond acceptors (Lipinski definition) is 0. The van der Waals surface area contributed by atoms with E-state index in [2.05, 4.69) is 42.5 Å². The Morgan fingerprint density at radius 2 is 1.68 bits per heavy atom. The SMILES string of the molecule is C1=C(C2CCCCC2)Cc2c1ccc1ccccc21. The molecule has 19 heavy (non-hydrogen) atoms. The van der Waals surface area contributed by atoms with Crippen LogP contribution in [0.4, 0.5) is 0 Å². The van der Waals surface area contributed by atoms with Crippen LogP contribution in [-0.2, 0) is 6.42 Å². The quantitative estimate of drug-likeness (QED) is 0.637. The first-order valence-corrected chi connectivity index (χ1v) is 7.63. The fraction of sp³-hybridized carbons (Fsp3) is 0.368. The van der Waals surface area contributed by atoms with E-state index in [4.69, 9.17) is 0 Å². The van der Waals surface area contributed by atoms with Gasteiger partial charge >= 0.3 is 0 Å². The van der Waals surface area contributed by atoms with Crippen molar-refractivity contribution in [1.29, 1.82) is 0 Å². The van der Waals surface area contributed by atoms with Crippen LogP contribution in [0.15, 0.2) is 42.0 Å². The number of fused-ring (bicyclic) bond motifs is 3. The molecule has 0 aliphatic heterocycles. The molecule has 0 amide bonds. The molecule has 0 unspecified atom stereocenters. The van der Waals surface area contributed by atoms with Gasteiger partial charge in [0, 0.05) is 0 Å². The third kappa shape index (κ3) is 1.90. The minimum absolute atomic E-state index is 0.861. The molecule has 0 heterocycles. The molecule has 1 saturated carbocycles. The molecular formula is C19H20. The van der Waals surface area contributed by atoms with Crippen molar-refractivity contribution in [3.63, 3.8) is 0 Å². The molecule has 0 nitrogen and oxygen atoms in total. The predicted molar refractivity (Wildman–Crippen MR) is 82.2 cm³/mol. The third-order valence-electron chi connectivity index (χ3n) is 4.93. The second-order valence-electron chi connectivity index (χ2n) is 6.09. The van der Waals surface area contributed by atoms with Crippen molar-refractivity contribution in [3.8, 4) is 0 Å². The fourth-order valence-corrected chi connectivity index (χ4v) is 3.88. The van der Waals surface area contributed by atoms with Gasteiger partial charge in [-0.2, -0.15) is 0 Å². The average molecular weight is 248 g/mol. The summed E-state index contributed by atoms with van der Waals surface area (Å²) >= 11 is 0. The molecule has 0 aromatic heterocycles. The molecule has 0 radical (unpaired) electrons. The normalized spacial score (nSPS) is 19.5. The summed E-state index contributed by atoms with van der Waals surface area (Å²) in [4.78, 5) is 0. The van der Waals surface area contributed by atoms with Gasteiger partial charge in [0.05, 0.1) is 0 Å². The Morgan fingerprint density at radius 3 is 2.58 bits per heavy atom. The Morgan fingerprint density at radius 1 is 0.842 bits per heavy atom. The topological polar surface area (TPSA) is 0 Å². The molecule has 0 N–H and O–H groups in total. The van der Waals surface area contributed by atoms with Gasteiger partial charge in [-0.25, -0.2) is 0 Å². The second kappa shape index (κ2) is 4.52. The lowest BCUT2D eigenvalue weighted by Gasteiger charge is -2.22. The summed E-state index contributed by atoms with van der Waals surface area (Å²) in [5, 5.41) is 2.85. The van der Waals surface area contributed by atoms with Gasteiger partial charge in [-0.1, -0.05) is 67.3 Å². The lowest BCUT2D eigenvalue weighted by molar-refractivity contribution is 0.401. The van der Waals surface area contributed by atoms with Crippen LogP contribution in [0.5, 0.6) is 0 Å². The van der Waals surface area contributed by atoms with Gasteiger partial charge in [-0.3, -0.25) is 0 Å². The Labute approximate surface area is 115 Å². The molecule has 2 aromatic rings. The average Bonchev–Trinajstić information content (AvgIpc) is 2.93. The van der Waals surface area contributed by atoms with E-state index in [1.54, 1.807) is 11.1 Å². The van der Waals surface area contributed by atoms with Crippen LogP contribution >= 0.6 is 0 Å². The van der Waals surface area contributed by atoms with Crippen LogP contribution in [0.25, 0.3) is 16.8 Å². The van der Waals surface area contributed by atoms with E-state index < -0.39 is 0 Å². The molecule has 0 saturated heterocycles. The van der Waals surface area contributed by atoms with Crippen molar-refractivity contribution in [2.75, 3.05) is 0 Å². The molecular weight excluding hydrogens is 228 g/mol. The van der Waals surface area contributed by atoms with Gasteiger partial charge in [0.25, 0.3) is 0 Å². The van der Waals surface area contributed by atoms with Gasteiger partial charge in [0.15, 0.2) is 0 Å². The highest BCUT2D eigenvalue weighted by atomic mass is 14.3. The van der Waals surface area contributed by atoms with Crippen molar-refractivity contribution < 1.29 is 0 Å². The first kappa shape index (κ1) is 11.3. The summed E-state index contributed by atoms with van der Waals surface area (Å²) in [5.74, 6) is 0.861. The Balaban J connectivity index is 1.72. The molecule has 2 aliphatic carbocycles. The standard InChI is InChI=1S/C19H20/c1-2-6-14(7-3-1)17-12-16-11-10-15-8-4-5-9-18(15)19(16)13-17/h4-5,8-12,14H,1-3,6-7,13H2. The largest absolute Gasteiger partial charge is 0.0621 e. The molecule has 1 fully saturated rings. The molecule has 0 bridgehead atoms. The van der Waals surface area contributed by atoms with E-state index in [1.807, 2.05) is 0 Å². The predicted octanol–water partition coefficient (Wildman–Crippen LogP) is 5.36. The highest BCUT2D eigenvalue weighted by molar-refractivity contribution is 5.90. The van der Waals surface area contributed by atoms with Crippen LogP contribution in [0.2, 0.25) is 0 Å². The zero-order valence-electron chi connectivity index (χ0n) is 11.4. The second-order valence-corrected chi connectivity index (χ2v) is 6.09. The maximum absolute atomic E-state index is 2.48. The van der Waals surface area contributed by atoms with E-state index in [-0.39, 0.29) is 0 Å². The number of allylic oxidation sites excluding steroid dienone is 1. The Kier molecular flexibility index (Phi) is 2.69. The molecule has 4 rings (SSSR count). The minimum Gasteiger partial charge on any atom is -0.0621 e. The van der Waals surface area contributed by atoms with Crippen LogP contribution in [0.3, 0.4) is 0 Å². The van der Waals surface area contributed by atoms with E-state index >= 15 is 0 Å². The lowest BCUT2D eigenvalue weighted by atomic mass is 9.83. The summed E-state index contributed by atoms with van der Waals surface area (Å²) in [5.41, 5.74) is 4.74. The number of rotatable bonds is 1. The smallest absolute Gasteiger partial charge is 0.00489 e. The van der Waals surface area contributed by atoms with E-state index in [0.717, 1.165) is 5.92 Å². The summed E-state index contributed by atoms with van der Waals surface area (Å²) in [6.07, 6.45) is 10.8. The lowest BCUT2D eigenvalue weighted by Crippen LogP contribution is -2.09. The van der Waals surface area contributed by atoms with Crippen molar-refractivity contribution >= 4 is 16.8 Å². The van der Waals surface area contributed by atoms with Gasteiger partial charge in [-0.15, -0.1) is 0 Å². The maximum atomic E-state index is 2.48. The Hall–Kier alpha value is -1.56. The number of benzene rings is 2. The summed E-state index contributed by atoms with van der Waals surface area (Å²) in [7, 11) is 0. The molecule has 0 heteroatoms. The van der Waals surface area contributed by atoms with Gasteiger partial charge < -0.3 is 0 Å². The highest BCUT2D eigenvalue weighted by Gasteiger charge is 2.23. The molecule has 2 aliphatic rings. The van der Waals surface area contributed by atoms with Crippen molar-refractivity contribution in [2.45, 2.75) is 38.5 Å². The first-order valence-electron chi connectivity index (χ1n) is 7.63. The van der Waals surface area contributed by atoms with E-state index in [0.29, 0.717) is 0 Å². The number of hydrogen-bond donors (Lipinski definition) is 0. The maximum Gasteiger partial charge on any atom is -0.00489 e. The summed E-state index contributed by atoms with van der Waals surface area (Å²) in [6.45, 7) is 0. The molecule has 2 aromatic carbocycles. The highest BCUT2D eigenvalue weighted by Crippen LogP contribution is 2.39. The van der Waals surface area contributed by atoms with Crippen LogP contribution in [0, 0.1) is 5.92 Å². The summed E-state index contributed by atoms with van der Waals surface area (Å²) in [6, 6.07) is 13.4. The van der Waals surface area contributed by atoms with Crippen molar-refractivity contribution in [1.82, 2.24) is 0 Å². The van der Waals surface area contributed by atoms with Crippen molar-refractivity contribution in [2.24, 2.45) is 5.92 Å². The Bertz CT molecular complexity index is 642. The first-order chi connectivity index (χ1) is 9.42. The molecule has 0 spiro atoms. The molecule has 96 valence electrons. The monoisotopic (exact) mass is 248 g/mol. The third-order valence-corrected chi connectivity index (χ3v) is 4.93. The van der Waals surface area contributed by atoms with Crippen LogP contribution in [0.1, 0.15) is 43.2 Å². The zero-order chi connectivity index (χ0) is 12.7. The molecule has 0 atom stereocenters. The van der Waals surface area contributed by atoms with Crippen LogP contribution < -0.4 is 0 Å². The van der Waals surface area contributed by atoms with Crippen molar-refractivity contribution in [3.05, 3.63) is 53.1 Å². The van der Waals surface area contributed by atoms with E-state index in [9.17, 15) is 0 Å². The van der Waals surface area contributed by atoms with Gasteiger partial charge in [0.2, 0.25) is 0 Å². The van der Waals surface area contributed by atoms with Crippen LogP contribution in [-0.4, -0.2) is 0 Å².